The van der Waals surface area contributed by atoms with Crippen LogP contribution in [0.2, 0.25) is 0 Å². The number of hydrogen-bond donors (Lipinski definition) is 3. The van der Waals surface area contributed by atoms with Gasteiger partial charge < -0.3 is 16.0 Å². The van der Waals surface area contributed by atoms with E-state index in [1.54, 1.807) is 19.2 Å². The number of alkyl halides is 3. The summed E-state index contributed by atoms with van der Waals surface area (Å²) in [7, 11) is 0. The summed E-state index contributed by atoms with van der Waals surface area (Å²) in [6.07, 6.45) is 0.695. The maximum Gasteiger partial charge on any atom is 0.405 e. The molecule has 0 heterocycles. The van der Waals surface area contributed by atoms with Gasteiger partial charge in [-0.2, -0.15) is 13.2 Å². The Hall–Kier alpha value is -1.91. The van der Waals surface area contributed by atoms with Crippen LogP contribution >= 0.6 is 0 Å². The van der Waals surface area contributed by atoms with Crippen molar-refractivity contribution >= 4 is 11.9 Å². The van der Waals surface area contributed by atoms with Crippen molar-refractivity contribution in [3.8, 4) is 12.3 Å². The van der Waals surface area contributed by atoms with Crippen LogP contribution in [0, 0.1) is 18.3 Å². The van der Waals surface area contributed by atoms with Crippen LogP contribution in [-0.4, -0.2) is 37.2 Å². The minimum Gasteiger partial charge on any atom is -0.345 e. The number of hydrogen-bond acceptors (Lipinski definition) is 2. The number of rotatable bonds is 5. The van der Waals surface area contributed by atoms with Crippen LogP contribution < -0.4 is 16.0 Å². The molecule has 0 aliphatic rings. The summed E-state index contributed by atoms with van der Waals surface area (Å²) in [5, 5.41) is 6.14. The normalized spacial score (nSPS) is 12.5. The molecule has 3 N–H and O–H groups in total. The third-order valence-electron chi connectivity index (χ3n) is 2.03. The van der Waals surface area contributed by atoms with Crippen LogP contribution in [0.1, 0.15) is 13.8 Å². The molecule has 0 radical (unpaired) electrons. The van der Waals surface area contributed by atoms with Crippen molar-refractivity contribution in [1.82, 2.24) is 16.0 Å². The molecule has 0 aromatic heterocycles. The molecule has 0 aromatic rings. The van der Waals surface area contributed by atoms with Gasteiger partial charge in [-0.3, -0.25) is 4.79 Å². The van der Waals surface area contributed by atoms with Crippen molar-refractivity contribution in [2.75, 3.05) is 13.1 Å². The van der Waals surface area contributed by atoms with Gasteiger partial charge in [0.05, 0.1) is 12.6 Å². The SMILES string of the molecule is C#C[C@@H](NC(=O)NCC(=O)NCC(F)(F)F)C(C)C. The Balaban J connectivity index is 3.97. The minimum atomic E-state index is -4.48. The van der Waals surface area contributed by atoms with Gasteiger partial charge in [0.25, 0.3) is 0 Å². The highest BCUT2D eigenvalue weighted by molar-refractivity contribution is 5.84. The number of nitrogens with one attached hydrogen (secondary N) is 3. The molecule has 0 saturated heterocycles. The molecule has 0 rings (SSSR count). The van der Waals surface area contributed by atoms with Crippen LogP contribution in [0.3, 0.4) is 0 Å². The van der Waals surface area contributed by atoms with Crippen LogP contribution in [-0.2, 0) is 4.79 Å². The van der Waals surface area contributed by atoms with Crippen molar-refractivity contribution < 1.29 is 22.8 Å². The summed E-state index contributed by atoms with van der Waals surface area (Å²) >= 11 is 0. The molecule has 0 aliphatic heterocycles. The number of terminal acetylenes is 1. The third kappa shape index (κ3) is 8.77. The molecule has 108 valence electrons. The second kappa shape index (κ2) is 7.51. The quantitative estimate of drug-likeness (QED) is 0.646. The van der Waals surface area contributed by atoms with Crippen LogP contribution in [0.25, 0.3) is 0 Å². The number of amides is 3. The van der Waals surface area contributed by atoms with Gasteiger partial charge >= 0.3 is 12.2 Å². The highest BCUT2D eigenvalue weighted by atomic mass is 19.4. The summed E-state index contributed by atoms with van der Waals surface area (Å²) in [6.45, 7) is 1.59. The first-order valence-corrected chi connectivity index (χ1v) is 5.49. The fraction of sp³-hybridized carbons (Fsp3) is 0.636. The predicted octanol–water partition coefficient (Wildman–Crippen LogP) is 0.622. The Morgan fingerprint density at radius 3 is 2.26 bits per heavy atom. The molecule has 1 atom stereocenters. The highest BCUT2D eigenvalue weighted by Gasteiger charge is 2.27. The maximum atomic E-state index is 11.8. The summed E-state index contributed by atoms with van der Waals surface area (Å²) < 4.78 is 35.4. The van der Waals surface area contributed by atoms with Crippen molar-refractivity contribution in [3.63, 3.8) is 0 Å². The van der Waals surface area contributed by atoms with E-state index in [2.05, 4.69) is 16.6 Å². The molecule has 0 saturated carbocycles. The van der Waals surface area contributed by atoms with E-state index >= 15 is 0 Å². The first kappa shape index (κ1) is 17.1. The van der Waals surface area contributed by atoms with Crippen LogP contribution in [0.4, 0.5) is 18.0 Å². The number of carbonyl (C=O) groups excluding carboxylic acids is 2. The lowest BCUT2D eigenvalue weighted by atomic mass is 10.1. The van der Waals surface area contributed by atoms with E-state index in [1.807, 2.05) is 0 Å². The van der Waals surface area contributed by atoms with Crippen molar-refractivity contribution in [2.45, 2.75) is 26.1 Å². The van der Waals surface area contributed by atoms with Crippen LogP contribution in [0.5, 0.6) is 0 Å². The summed E-state index contributed by atoms with van der Waals surface area (Å²) in [5.74, 6) is 1.40. The zero-order chi connectivity index (χ0) is 15.1. The Morgan fingerprint density at radius 1 is 1.26 bits per heavy atom. The Bertz CT molecular complexity index is 361. The largest absolute Gasteiger partial charge is 0.405 e. The molecule has 0 bridgehead atoms. The van der Waals surface area contributed by atoms with E-state index in [-0.39, 0.29) is 5.92 Å². The fourth-order valence-corrected chi connectivity index (χ4v) is 1.01. The van der Waals surface area contributed by atoms with E-state index in [0.717, 1.165) is 0 Å². The van der Waals surface area contributed by atoms with Crippen molar-refractivity contribution in [2.24, 2.45) is 5.92 Å². The van der Waals surface area contributed by atoms with E-state index in [0.29, 0.717) is 0 Å². The smallest absolute Gasteiger partial charge is 0.345 e. The van der Waals surface area contributed by atoms with Crippen LogP contribution in [0.15, 0.2) is 0 Å². The molecule has 0 aromatic carbocycles. The molecule has 0 unspecified atom stereocenters. The van der Waals surface area contributed by atoms with Gasteiger partial charge in [-0.05, 0) is 5.92 Å². The number of urea groups is 1. The van der Waals surface area contributed by atoms with Gasteiger partial charge in [0.15, 0.2) is 0 Å². The minimum absolute atomic E-state index is 0.00481. The topological polar surface area (TPSA) is 70.2 Å². The fourth-order valence-electron chi connectivity index (χ4n) is 1.01. The van der Waals surface area contributed by atoms with Gasteiger partial charge in [0.1, 0.15) is 6.54 Å². The molecule has 0 spiro atoms. The first-order valence-electron chi connectivity index (χ1n) is 5.49. The second-order valence-electron chi connectivity index (χ2n) is 4.11. The van der Waals surface area contributed by atoms with E-state index in [9.17, 15) is 22.8 Å². The lowest BCUT2D eigenvalue weighted by Crippen LogP contribution is -2.47. The predicted molar refractivity (Wildman–Crippen MR) is 63.1 cm³/mol. The lowest BCUT2D eigenvalue weighted by molar-refractivity contribution is -0.137. The first-order chi connectivity index (χ1) is 8.65. The molecular weight excluding hydrogens is 263 g/mol. The average molecular weight is 279 g/mol. The lowest BCUT2D eigenvalue weighted by Gasteiger charge is -2.17. The van der Waals surface area contributed by atoms with Gasteiger partial charge in [0.2, 0.25) is 5.91 Å². The Labute approximate surface area is 109 Å². The monoisotopic (exact) mass is 279 g/mol. The zero-order valence-electron chi connectivity index (χ0n) is 10.6. The molecule has 3 amide bonds. The van der Waals surface area contributed by atoms with E-state index < -0.39 is 37.2 Å². The molecule has 8 heteroatoms. The summed E-state index contributed by atoms with van der Waals surface area (Å²) in [5.41, 5.74) is 0. The molecule has 0 fully saturated rings. The number of halogens is 3. The second-order valence-corrected chi connectivity index (χ2v) is 4.11. The average Bonchev–Trinajstić information content (AvgIpc) is 2.29. The van der Waals surface area contributed by atoms with Crippen molar-refractivity contribution in [1.29, 1.82) is 0 Å². The summed E-state index contributed by atoms with van der Waals surface area (Å²) in [6, 6.07) is -1.22. The van der Waals surface area contributed by atoms with E-state index in [4.69, 9.17) is 6.42 Å². The Morgan fingerprint density at radius 2 is 1.84 bits per heavy atom. The zero-order valence-corrected chi connectivity index (χ0v) is 10.6. The highest BCUT2D eigenvalue weighted by Crippen LogP contribution is 2.11. The molecule has 19 heavy (non-hydrogen) atoms. The molecule has 0 aliphatic carbocycles. The van der Waals surface area contributed by atoms with E-state index in [1.165, 1.54) is 0 Å². The van der Waals surface area contributed by atoms with Gasteiger partial charge in [0, 0.05) is 0 Å². The van der Waals surface area contributed by atoms with Gasteiger partial charge in [-0.1, -0.05) is 19.8 Å². The molecular formula is C11H16F3N3O2. The Kier molecular flexibility index (Phi) is 6.75. The maximum absolute atomic E-state index is 11.8. The van der Waals surface area contributed by atoms with Gasteiger partial charge in [-0.25, -0.2) is 4.79 Å². The summed E-state index contributed by atoms with van der Waals surface area (Å²) in [4.78, 5) is 22.3. The molecule has 5 nitrogen and oxygen atoms in total. The third-order valence-corrected chi connectivity index (χ3v) is 2.03. The standard InChI is InChI=1S/C11H16F3N3O2/c1-4-8(7(2)3)17-10(19)15-5-9(18)16-6-11(12,13)14/h1,7-8H,5-6H2,2-3H3,(H,16,18)(H2,15,17,19)/t8-/m1/s1. The van der Waals surface area contributed by atoms with Gasteiger partial charge in [-0.15, -0.1) is 6.42 Å². The number of carbonyl (C=O) groups is 2. The van der Waals surface area contributed by atoms with Crippen molar-refractivity contribution in [3.05, 3.63) is 0 Å².